The fourth-order valence-electron chi connectivity index (χ4n) is 4.77. The van der Waals surface area contributed by atoms with Crippen molar-refractivity contribution >= 4 is 33.3 Å². The summed E-state index contributed by atoms with van der Waals surface area (Å²) in [5.41, 5.74) is 4.05. The van der Waals surface area contributed by atoms with Gasteiger partial charge in [-0.25, -0.2) is 4.98 Å². The van der Waals surface area contributed by atoms with E-state index in [-0.39, 0.29) is 17.7 Å². The van der Waals surface area contributed by atoms with Crippen molar-refractivity contribution in [1.82, 2.24) is 24.5 Å². The molecule has 1 saturated heterocycles. The van der Waals surface area contributed by atoms with Crippen LogP contribution >= 0.6 is 15.9 Å². The highest BCUT2D eigenvalue weighted by Crippen LogP contribution is 2.30. The predicted octanol–water partition coefficient (Wildman–Crippen LogP) is 5.08. The number of anilines is 1. The average Bonchev–Trinajstić information content (AvgIpc) is 3.28. The first-order valence-corrected chi connectivity index (χ1v) is 12.9. The van der Waals surface area contributed by atoms with Crippen molar-refractivity contribution in [2.24, 2.45) is 5.92 Å². The number of carbonyl (C=O) groups is 1. The molecule has 0 aliphatic carbocycles. The highest BCUT2D eigenvalue weighted by Gasteiger charge is 2.29. The molecule has 0 saturated carbocycles. The number of likely N-dealkylation sites (tertiary alicyclic amines) is 1. The van der Waals surface area contributed by atoms with Crippen LogP contribution in [0.25, 0.3) is 5.65 Å². The topological polar surface area (TPSA) is 75.4 Å². The van der Waals surface area contributed by atoms with E-state index < -0.39 is 0 Å². The lowest BCUT2D eigenvalue weighted by Gasteiger charge is -2.34. The highest BCUT2D eigenvalue weighted by atomic mass is 79.9. The zero-order valence-corrected chi connectivity index (χ0v) is 21.4. The Labute approximate surface area is 213 Å². The van der Waals surface area contributed by atoms with Gasteiger partial charge in [-0.1, -0.05) is 43.3 Å². The number of halogens is 1. The van der Waals surface area contributed by atoms with Crippen molar-refractivity contribution in [2.75, 3.05) is 18.4 Å². The number of rotatable bonds is 7. The SMILES string of the molecule is CC(Cc1ccccc1)C(=O)N1CCCC(c2cc(NCc3cccnc3)n3ncc(Br)c3n2)C1. The molecule has 5 rings (SSSR count). The van der Waals surface area contributed by atoms with Crippen LogP contribution in [0.3, 0.4) is 0 Å². The molecule has 0 radical (unpaired) electrons. The van der Waals surface area contributed by atoms with Crippen molar-refractivity contribution < 1.29 is 4.79 Å². The molecule has 2 unspecified atom stereocenters. The smallest absolute Gasteiger partial charge is 0.225 e. The Hall–Kier alpha value is -3.26. The van der Waals surface area contributed by atoms with Crippen LogP contribution < -0.4 is 5.32 Å². The number of amides is 1. The fourth-order valence-corrected chi connectivity index (χ4v) is 5.12. The van der Waals surface area contributed by atoms with E-state index in [2.05, 4.69) is 49.5 Å². The summed E-state index contributed by atoms with van der Waals surface area (Å²) in [6.45, 7) is 4.16. The molecule has 1 aromatic carbocycles. The number of benzene rings is 1. The molecule has 1 aliphatic rings. The van der Waals surface area contributed by atoms with Gasteiger partial charge in [-0.3, -0.25) is 9.78 Å². The molecule has 3 aromatic heterocycles. The van der Waals surface area contributed by atoms with Gasteiger partial charge < -0.3 is 10.2 Å². The molecule has 180 valence electrons. The first-order chi connectivity index (χ1) is 17.1. The molecular formula is C27H29BrN6O. The van der Waals surface area contributed by atoms with E-state index in [4.69, 9.17) is 4.98 Å². The maximum atomic E-state index is 13.3. The van der Waals surface area contributed by atoms with Crippen molar-refractivity contribution in [3.8, 4) is 0 Å². The third-order valence-corrected chi connectivity index (χ3v) is 7.16. The number of nitrogens with zero attached hydrogens (tertiary/aromatic N) is 5. The quantitative estimate of drug-likeness (QED) is 0.359. The molecule has 7 nitrogen and oxygen atoms in total. The van der Waals surface area contributed by atoms with E-state index in [0.717, 1.165) is 53.0 Å². The number of carbonyl (C=O) groups excluding carboxylic acids is 1. The lowest BCUT2D eigenvalue weighted by molar-refractivity contribution is -0.136. The predicted molar refractivity (Wildman–Crippen MR) is 140 cm³/mol. The van der Waals surface area contributed by atoms with Crippen molar-refractivity contribution in [1.29, 1.82) is 0 Å². The normalized spacial score (nSPS) is 16.9. The Balaban J connectivity index is 1.34. The summed E-state index contributed by atoms with van der Waals surface area (Å²) in [5, 5.41) is 7.98. The van der Waals surface area contributed by atoms with Gasteiger partial charge in [0.25, 0.3) is 0 Å². The van der Waals surface area contributed by atoms with Gasteiger partial charge in [-0.05, 0) is 52.4 Å². The van der Waals surface area contributed by atoms with Gasteiger partial charge in [0.2, 0.25) is 5.91 Å². The van der Waals surface area contributed by atoms with E-state index >= 15 is 0 Å². The number of hydrogen-bond acceptors (Lipinski definition) is 5. The van der Waals surface area contributed by atoms with E-state index in [1.54, 1.807) is 12.4 Å². The third-order valence-electron chi connectivity index (χ3n) is 6.60. The monoisotopic (exact) mass is 532 g/mol. The Kier molecular flexibility index (Phi) is 7.08. The minimum atomic E-state index is -0.0488. The van der Waals surface area contributed by atoms with Crippen LogP contribution in [0.4, 0.5) is 5.82 Å². The summed E-state index contributed by atoms with van der Waals surface area (Å²) in [5.74, 6) is 1.23. The van der Waals surface area contributed by atoms with Gasteiger partial charge >= 0.3 is 0 Å². The van der Waals surface area contributed by atoms with Gasteiger partial charge in [0.1, 0.15) is 5.82 Å². The lowest BCUT2D eigenvalue weighted by Crippen LogP contribution is -2.42. The maximum Gasteiger partial charge on any atom is 0.225 e. The first kappa shape index (κ1) is 23.5. The number of hydrogen-bond donors (Lipinski definition) is 1. The lowest BCUT2D eigenvalue weighted by atomic mass is 9.92. The molecule has 2 atom stereocenters. The van der Waals surface area contributed by atoms with Crippen molar-refractivity contribution in [2.45, 2.75) is 38.6 Å². The van der Waals surface area contributed by atoms with E-state index in [9.17, 15) is 4.79 Å². The molecule has 0 bridgehead atoms. The summed E-state index contributed by atoms with van der Waals surface area (Å²) < 4.78 is 2.67. The van der Waals surface area contributed by atoms with E-state index in [1.807, 2.05) is 52.9 Å². The summed E-state index contributed by atoms with van der Waals surface area (Å²) in [7, 11) is 0. The molecule has 35 heavy (non-hydrogen) atoms. The minimum Gasteiger partial charge on any atom is -0.366 e. The zero-order chi connectivity index (χ0) is 24.2. The van der Waals surface area contributed by atoms with Gasteiger partial charge in [0.05, 0.1) is 16.4 Å². The average molecular weight is 533 g/mol. The molecule has 4 aromatic rings. The molecule has 0 spiro atoms. The number of nitrogens with one attached hydrogen (secondary N) is 1. The molecule has 8 heteroatoms. The van der Waals surface area contributed by atoms with Gasteiger partial charge in [0.15, 0.2) is 5.65 Å². The van der Waals surface area contributed by atoms with Crippen LogP contribution in [-0.2, 0) is 17.8 Å². The number of fused-ring (bicyclic) bond motifs is 1. The standard InChI is InChI=1S/C27H29BrN6O/c1-19(13-20-7-3-2-4-8-20)27(35)33-12-6-10-22(18-33)24-14-25(30-16-21-9-5-11-29-15-21)34-26(32-24)23(28)17-31-34/h2-5,7-9,11,14-15,17,19,22,30H,6,10,12-13,16,18H2,1H3. The van der Waals surface area contributed by atoms with Crippen LogP contribution in [-0.4, -0.2) is 43.5 Å². The molecule has 1 N–H and O–H groups in total. The second-order valence-electron chi connectivity index (χ2n) is 9.22. The second kappa shape index (κ2) is 10.6. The Morgan fingerprint density at radius 1 is 1.17 bits per heavy atom. The van der Waals surface area contributed by atoms with Crippen molar-refractivity contribution in [3.63, 3.8) is 0 Å². The maximum absolute atomic E-state index is 13.3. The summed E-state index contributed by atoms with van der Waals surface area (Å²) in [6.07, 6.45) is 8.13. The second-order valence-corrected chi connectivity index (χ2v) is 10.1. The minimum absolute atomic E-state index is 0.0488. The van der Waals surface area contributed by atoms with Gasteiger partial charge in [-0.2, -0.15) is 9.61 Å². The Bertz CT molecular complexity index is 1290. The van der Waals surface area contributed by atoms with E-state index in [1.165, 1.54) is 5.56 Å². The summed E-state index contributed by atoms with van der Waals surface area (Å²) >= 11 is 3.59. The van der Waals surface area contributed by atoms with Crippen LogP contribution in [0, 0.1) is 5.92 Å². The zero-order valence-electron chi connectivity index (χ0n) is 19.8. The molecule has 4 heterocycles. The van der Waals surface area contributed by atoms with Crippen LogP contribution in [0.15, 0.2) is 71.6 Å². The largest absolute Gasteiger partial charge is 0.366 e. The number of pyridine rings is 1. The molecular weight excluding hydrogens is 504 g/mol. The van der Waals surface area contributed by atoms with Crippen LogP contribution in [0.1, 0.15) is 42.5 Å². The van der Waals surface area contributed by atoms with Crippen molar-refractivity contribution in [3.05, 3.63) is 88.4 Å². The summed E-state index contributed by atoms with van der Waals surface area (Å²) in [4.78, 5) is 24.5. The van der Waals surface area contributed by atoms with Gasteiger partial charge in [-0.15, -0.1) is 0 Å². The molecule has 1 fully saturated rings. The van der Waals surface area contributed by atoms with Crippen LogP contribution in [0.5, 0.6) is 0 Å². The number of aromatic nitrogens is 4. The fraction of sp³-hybridized carbons (Fsp3) is 0.333. The highest BCUT2D eigenvalue weighted by molar-refractivity contribution is 9.10. The van der Waals surface area contributed by atoms with Crippen LogP contribution in [0.2, 0.25) is 0 Å². The summed E-state index contributed by atoms with van der Waals surface area (Å²) in [6, 6.07) is 16.3. The first-order valence-electron chi connectivity index (χ1n) is 12.1. The molecule has 1 amide bonds. The Morgan fingerprint density at radius 3 is 2.80 bits per heavy atom. The van der Waals surface area contributed by atoms with E-state index in [0.29, 0.717) is 13.1 Å². The molecule has 1 aliphatic heterocycles. The number of piperidine rings is 1. The Morgan fingerprint density at radius 2 is 2.00 bits per heavy atom. The van der Waals surface area contributed by atoms with Gasteiger partial charge in [0, 0.05) is 49.9 Å². The third kappa shape index (κ3) is 5.37.